The number of fused-ring (bicyclic) bond motifs is 5. The molecular formula is C22H31N. The van der Waals surface area contributed by atoms with Gasteiger partial charge in [0.2, 0.25) is 0 Å². The van der Waals surface area contributed by atoms with E-state index in [0.717, 1.165) is 41.7 Å². The fourth-order valence-electron chi connectivity index (χ4n) is 6.88. The smallest absolute Gasteiger partial charge is 0.0317 e. The second kappa shape index (κ2) is 5.19. The third-order valence-electron chi connectivity index (χ3n) is 8.24. The van der Waals surface area contributed by atoms with E-state index >= 15 is 0 Å². The molecule has 4 rings (SSSR count). The second-order valence-electron chi connectivity index (χ2n) is 8.87. The first-order valence-electron chi connectivity index (χ1n) is 9.58. The summed E-state index contributed by atoms with van der Waals surface area (Å²) < 4.78 is 0. The van der Waals surface area contributed by atoms with Gasteiger partial charge in [-0.25, -0.2) is 0 Å². The van der Waals surface area contributed by atoms with Crippen LogP contribution in [-0.4, -0.2) is 5.71 Å². The van der Waals surface area contributed by atoms with Crippen molar-refractivity contribution in [2.24, 2.45) is 40.9 Å². The van der Waals surface area contributed by atoms with Crippen LogP contribution in [0.2, 0.25) is 0 Å². The molecule has 4 aliphatic rings. The lowest BCUT2D eigenvalue weighted by Crippen LogP contribution is -2.47. The molecule has 0 heterocycles. The zero-order valence-electron chi connectivity index (χ0n) is 14.8. The van der Waals surface area contributed by atoms with Crippen molar-refractivity contribution in [3.63, 3.8) is 0 Å². The number of hydrogen-bond acceptors (Lipinski definition) is 1. The lowest BCUT2D eigenvalue weighted by molar-refractivity contribution is 0.0104. The van der Waals surface area contributed by atoms with Crippen LogP contribution >= 0.6 is 0 Å². The van der Waals surface area contributed by atoms with Crippen LogP contribution in [0.5, 0.6) is 0 Å². The van der Waals surface area contributed by atoms with Gasteiger partial charge in [0.15, 0.2) is 0 Å². The molecule has 0 aromatic carbocycles. The first kappa shape index (κ1) is 15.4. The Labute approximate surface area is 141 Å². The maximum absolute atomic E-state index is 8.03. The van der Waals surface area contributed by atoms with E-state index in [0.29, 0.717) is 11.3 Å². The van der Waals surface area contributed by atoms with Gasteiger partial charge in [-0.15, -0.1) is 6.58 Å². The van der Waals surface area contributed by atoms with Gasteiger partial charge in [0, 0.05) is 5.71 Å². The average molecular weight is 309 g/mol. The van der Waals surface area contributed by atoms with Gasteiger partial charge in [-0.05, 0) is 91.1 Å². The third kappa shape index (κ3) is 2.01. The number of hydrogen-bond donors (Lipinski definition) is 1. The Kier molecular flexibility index (Phi) is 3.48. The molecule has 0 radical (unpaired) electrons. The highest BCUT2D eigenvalue weighted by atomic mass is 14.6. The third-order valence-corrected chi connectivity index (χ3v) is 8.24. The van der Waals surface area contributed by atoms with Gasteiger partial charge < -0.3 is 5.41 Å². The van der Waals surface area contributed by atoms with Crippen LogP contribution in [0.3, 0.4) is 0 Å². The molecule has 7 unspecified atom stereocenters. The van der Waals surface area contributed by atoms with Gasteiger partial charge in [0.05, 0.1) is 0 Å². The summed E-state index contributed by atoms with van der Waals surface area (Å²) in [5.41, 5.74) is 3.97. The first-order chi connectivity index (χ1) is 11.0. The van der Waals surface area contributed by atoms with E-state index in [4.69, 9.17) is 5.41 Å². The highest BCUT2D eigenvalue weighted by Gasteiger charge is 2.58. The van der Waals surface area contributed by atoms with Gasteiger partial charge in [-0.2, -0.15) is 0 Å². The lowest BCUT2D eigenvalue weighted by Gasteiger charge is -2.54. The van der Waals surface area contributed by atoms with E-state index in [-0.39, 0.29) is 0 Å². The van der Waals surface area contributed by atoms with Gasteiger partial charge >= 0.3 is 0 Å². The SMILES string of the molecule is C=CC12CCC3C4CCC(=N)C=C4C(=C)CC3C1CC(C)C2C. The van der Waals surface area contributed by atoms with Crippen molar-refractivity contribution in [2.75, 3.05) is 0 Å². The van der Waals surface area contributed by atoms with Crippen molar-refractivity contribution >= 4 is 5.71 Å². The Hall–Kier alpha value is -1.11. The number of nitrogens with one attached hydrogen (secondary N) is 1. The molecular weight excluding hydrogens is 278 g/mol. The molecule has 1 N–H and O–H groups in total. The summed E-state index contributed by atoms with van der Waals surface area (Å²) in [5, 5.41) is 8.03. The van der Waals surface area contributed by atoms with Crippen LogP contribution in [0.25, 0.3) is 0 Å². The van der Waals surface area contributed by atoms with Crippen molar-refractivity contribution in [1.82, 2.24) is 0 Å². The van der Waals surface area contributed by atoms with Crippen LogP contribution in [0.1, 0.15) is 52.4 Å². The Balaban J connectivity index is 1.71. The normalized spacial score (nSPS) is 49.0. The summed E-state index contributed by atoms with van der Waals surface area (Å²) in [6.07, 6.45) is 11.9. The molecule has 0 bridgehead atoms. The summed E-state index contributed by atoms with van der Waals surface area (Å²) >= 11 is 0. The topological polar surface area (TPSA) is 23.9 Å². The summed E-state index contributed by atoms with van der Waals surface area (Å²) in [4.78, 5) is 0. The van der Waals surface area contributed by atoms with Crippen molar-refractivity contribution < 1.29 is 0 Å². The van der Waals surface area contributed by atoms with Crippen molar-refractivity contribution in [3.8, 4) is 0 Å². The summed E-state index contributed by atoms with van der Waals surface area (Å²) in [6.45, 7) is 13.6. The lowest BCUT2D eigenvalue weighted by atomic mass is 9.50. The molecule has 1 heteroatoms. The summed E-state index contributed by atoms with van der Waals surface area (Å²) in [7, 11) is 0. The quantitative estimate of drug-likeness (QED) is 0.592. The predicted molar refractivity (Wildman–Crippen MR) is 97.6 cm³/mol. The highest BCUT2D eigenvalue weighted by Crippen LogP contribution is 2.65. The molecule has 3 fully saturated rings. The van der Waals surface area contributed by atoms with E-state index in [1.807, 2.05) is 0 Å². The van der Waals surface area contributed by atoms with Crippen LogP contribution in [0.4, 0.5) is 0 Å². The molecule has 23 heavy (non-hydrogen) atoms. The van der Waals surface area contributed by atoms with Gasteiger partial charge in [0.1, 0.15) is 0 Å². The fourth-order valence-corrected chi connectivity index (χ4v) is 6.88. The summed E-state index contributed by atoms with van der Waals surface area (Å²) in [6, 6.07) is 0. The largest absolute Gasteiger partial charge is 0.305 e. The van der Waals surface area contributed by atoms with E-state index in [1.165, 1.54) is 43.3 Å². The highest BCUT2D eigenvalue weighted by molar-refractivity contribution is 5.94. The maximum Gasteiger partial charge on any atom is 0.0317 e. The van der Waals surface area contributed by atoms with E-state index in [9.17, 15) is 0 Å². The second-order valence-corrected chi connectivity index (χ2v) is 8.87. The Morgan fingerprint density at radius 1 is 1.26 bits per heavy atom. The molecule has 4 aliphatic carbocycles. The standard InChI is InChI=1S/C22H31N/c1-5-22-9-8-18-17-7-6-16(23)12-19(17)14(3)10-20(18)21(22)11-13(2)15(22)4/h5,12-13,15,17-18,20-21,23H,1,3,6-11H2,2,4H3. The van der Waals surface area contributed by atoms with Gasteiger partial charge in [0.25, 0.3) is 0 Å². The van der Waals surface area contributed by atoms with Crippen molar-refractivity contribution in [3.05, 3.63) is 36.5 Å². The molecule has 3 saturated carbocycles. The molecule has 124 valence electrons. The average Bonchev–Trinajstić information content (AvgIpc) is 2.80. The predicted octanol–water partition coefficient (Wildman–Crippen LogP) is 5.79. The van der Waals surface area contributed by atoms with Gasteiger partial charge in [-0.3, -0.25) is 0 Å². The molecule has 0 aliphatic heterocycles. The number of allylic oxidation sites excluding steroid dienone is 4. The minimum absolute atomic E-state index is 0.378. The van der Waals surface area contributed by atoms with Crippen LogP contribution < -0.4 is 0 Å². The fraction of sp³-hybridized carbons (Fsp3) is 0.682. The maximum atomic E-state index is 8.03. The molecule has 0 aromatic rings. The van der Waals surface area contributed by atoms with Crippen LogP contribution in [0, 0.1) is 46.3 Å². The molecule has 7 atom stereocenters. The minimum atomic E-state index is 0.378. The Morgan fingerprint density at radius 3 is 2.78 bits per heavy atom. The van der Waals surface area contributed by atoms with E-state index in [1.54, 1.807) is 0 Å². The monoisotopic (exact) mass is 309 g/mol. The van der Waals surface area contributed by atoms with Crippen molar-refractivity contribution in [1.29, 1.82) is 5.41 Å². The Bertz CT molecular complexity index is 597. The molecule has 1 nitrogen and oxygen atoms in total. The van der Waals surface area contributed by atoms with E-state index < -0.39 is 0 Å². The van der Waals surface area contributed by atoms with Crippen molar-refractivity contribution in [2.45, 2.75) is 52.4 Å². The zero-order chi connectivity index (χ0) is 16.4. The number of rotatable bonds is 1. The zero-order valence-corrected chi connectivity index (χ0v) is 14.8. The minimum Gasteiger partial charge on any atom is -0.305 e. The molecule has 0 aromatic heterocycles. The van der Waals surface area contributed by atoms with E-state index in [2.05, 4.69) is 39.2 Å². The molecule has 0 saturated heterocycles. The van der Waals surface area contributed by atoms with Gasteiger partial charge in [-0.1, -0.05) is 32.1 Å². The molecule has 0 amide bonds. The first-order valence-corrected chi connectivity index (χ1v) is 9.58. The summed E-state index contributed by atoms with van der Waals surface area (Å²) in [5.74, 6) is 4.72. The Morgan fingerprint density at radius 2 is 2.04 bits per heavy atom. The van der Waals surface area contributed by atoms with Crippen LogP contribution in [-0.2, 0) is 0 Å². The van der Waals surface area contributed by atoms with Crippen LogP contribution in [0.15, 0.2) is 36.5 Å². The molecule has 0 spiro atoms.